The van der Waals surface area contributed by atoms with Crippen molar-refractivity contribution in [3.8, 4) is 0 Å². The highest BCUT2D eigenvalue weighted by Crippen LogP contribution is 2.31. The number of hydrogen-bond acceptors (Lipinski definition) is 4. The van der Waals surface area contributed by atoms with E-state index in [1.165, 1.54) is 4.90 Å². The highest BCUT2D eigenvalue weighted by Gasteiger charge is 2.21. The van der Waals surface area contributed by atoms with E-state index in [0.717, 1.165) is 36.5 Å². The van der Waals surface area contributed by atoms with Gasteiger partial charge in [-0.1, -0.05) is 13.0 Å². The molecule has 1 aromatic rings. The Morgan fingerprint density at radius 2 is 2.15 bits per heavy atom. The molecule has 0 radical (unpaired) electrons. The van der Waals surface area contributed by atoms with Crippen molar-refractivity contribution in [1.82, 2.24) is 4.90 Å². The van der Waals surface area contributed by atoms with Crippen molar-refractivity contribution in [2.24, 2.45) is 5.73 Å². The van der Waals surface area contributed by atoms with Gasteiger partial charge in [-0.2, -0.15) is 0 Å². The first-order valence-electron chi connectivity index (χ1n) is 7.11. The maximum absolute atomic E-state index is 12.1. The van der Waals surface area contributed by atoms with Crippen LogP contribution < -0.4 is 10.6 Å². The zero-order valence-corrected chi connectivity index (χ0v) is 13.1. The van der Waals surface area contributed by atoms with E-state index in [2.05, 4.69) is 30.0 Å². The Morgan fingerprint density at radius 3 is 2.85 bits per heavy atom. The first-order valence-corrected chi connectivity index (χ1v) is 8.09. The molecule has 20 heavy (non-hydrogen) atoms. The molecule has 1 heterocycles. The van der Waals surface area contributed by atoms with Crippen molar-refractivity contribution in [2.75, 3.05) is 37.3 Å². The van der Waals surface area contributed by atoms with Crippen molar-refractivity contribution in [3.05, 3.63) is 23.8 Å². The molecule has 1 amide bonds. The smallest absolute Gasteiger partial charge is 0.241 e. The van der Waals surface area contributed by atoms with E-state index in [9.17, 15) is 4.79 Å². The fourth-order valence-corrected chi connectivity index (χ4v) is 3.39. The predicted molar refractivity (Wildman–Crippen MR) is 85.2 cm³/mol. The first kappa shape index (κ1) is 15.2. The van der Waals surface area contributed by atoms with Gasteiger partial charge in [0.15, 0.2) is 0 Å². The standard InChI is InChI=1S/C15H23N3OS/c1-3-20-14-7-4-6-13(12(14)10-16)18-9-5-8-17(2)15(19)11-18/h4,6-7H,3,5,8-11,16H2,1-2H3. The lowest BCUT2D eigenvalue weighted by atomic mass is 10.1. The Labute approximate surface area is 125 Å². The summed E-state index contributed by atoms with van der Waals surface area (Å²) in [6, 6.07) is 6.26. The highest BCUT2D eigenvalue weighted by atomic mass is 32.2. The Morgan fingerprint density at radius 1 is 1.35 bits per heavy atom. The summed E-state index contributed by atoms with van der Waals surface area (Å²) in [5.74, 6) is 1.21. The molecule has 2 N–H and O–H groups in total. The van der Waals surface area contributed by atoms with Crippen molar-refractivity contribution < 1.29 is 4.79 Å². The zero-order valence-electron chi connectivity index (χ0n) is 12.3. The number of carbonyl (C=O) groups excluding carboxylic acids is 1. The van der Waals surface area contributed by atoms with Crippen LogP contribution in [0.4, 0.5) is 5.69 Å². The fourth-order valence-electron chi connectivity index (χ4n) is 2.54. The number of nitrogens with two attached hydrogens (primary N) is 1. The van der Waals surface area contributed by atoms with Gasteiger partial charge in [-0.25, -0.2) is 0 Å². The van der Waals surface area contributed by atoms with Crippen LogP contribution in [0.25, 0.3) is 0 Å². The molecule has 0 atom stereocenters. The number of rotatable bonds is 4. The van der Waals surface area contributed by atoms with Crippen molar-refractivity contribution in [2.45, 2.75) is 24.8 Å². The molecule has 2 rings (SSSR count). The minimum Gasteiger partial charge on any atom is -0.362 e. The van der Waals surface area contributed by atoms with Crippen LogP contribution in [0.3, 0.4) is 0 Å². The summed E-state index contributed by atoms with van der Waals surface area (Å²) in [7, 11) is 1.87. The van der Waals surface area contributed by atoms with E-state index in [4.69, 9.17) is 5.73 Å². The minimum atomic E-state index is 0.180. The normalized spacial score (nSPS) is 16.4. The fraction of sp³-hybridized carbons (Fsp3) is 0.533. The Balaban J connectivity index is 2.31. The summed E-state index contributed by atoms with van der Waals surface area (Å²) >= 11 is 1.81. The third kappa shape index (κ3) is 3.27. The minimum absolute atomic E-state index is 0.180. The number of likely N-dealkylation sites (N-methyl/N-ethyl adjacent to an activating group) is 1. The molecule has 0 aromatic heterocycles. The summed E-state index contributed by atoms with van der Waals surface area (Å²) in [5.41, 5.74) is 8.24. The van der Waals surface area contributed by atoms with Gasteiger partial charge in [0.25, 0.3) is 0 Å². The Hall–Kier alpha value is -1.20. The predicted octanol–water partition coefficient (Wildman–Crippen LogP) is 1.93. The maximum Gasteiger partial charge on any atom is 0.241 e. The second-order valence-corrected chi connectivity index (χ2v) is 6.29. The van der Waals surface area contributed by atoms with Crippen LogP contribution in [0, 0.1) is 0 Å². The SMILES string of the molecule is CCSc1cccc(N2CCCN(C)C(=O)C2)c1CN. The second kappa shape index (κ2) is 6.99. The summed E-state index contributed by atoms with van der Waals surface area (Å²) < 4.78 is 0. The number of carbonyl (C=O) groups is 1. The molecule has 0 bridgehead atoms. The Bertz CT molecular complexity index is 478. The number of thioether (sulfide) groups is 1. The van der Waals surface area contributed by atoms with E-state index < -0.39 is 0 Å². The quantitative estimate of drug-likeness (QED) is 0.862. The summed E-state index contributed by atoms with van der Waals surface area (Å²) in [4.78, 5) is 17.3. The summed E-state index contributed by atoms with van der Waals surface area (Å²) in [5, 5.41) is 0. The van der Waals surface area contributed by atoms with Crippen LogP contribution in [0.1, 0.15) is 18.9 Å². The average molecular weight is 293 g/mol. The van der Waals surface area contributed by atoms with E-state index in [-0.39, 0.29) is 5.91 Å². The molecule has 1 aliphatic rings. The zero-order chi connectivity index (χ0) is 14.5. The summed E-state index contributed by atoms with van der Waals surface area (Å²) in [6.45, 7) is 4.84. The lowest BCUT2D eigenvalue weighted by Gasteiger charge is -2.25. The molecule has 0 aliphatic carbocycles. The highest BCUT2D eigenvalue weighted by molar-refractivity contribution is 7.99. The van der Waals surface area contributed by atoms with Crippen molar-refractivity contribution in [3.63, 3.8) is 0 Å². The lowest BCUT2D eigenvalue weighted by molar-refractivity contribution is -0.127. The van der Waals surface area contributed by atoms with Crippen molar-refractivity contribution in [1.29, 1.82) is 0 Å². The molecule has 1 fully saturated rings. The molecule has 0 unspecified atom stereocenters. The van der Waals surface area contributed by atoms with Gasteiger partial charge in [-0.15, -0.1) is 11.8 Å². The molecule has 1 aliphatic heterocycles. The molecule has 0 spiro atoms. The Kier molecular flexibility index (Phi) is 5.31. The third-order valence-electron chi connectivity index (χ3n) is 3.63. The molecular formula is C15H23N3OS. The monoisotopic (exact) mass is 293 g/mol. The van der Waals surface area contributed by atoms with Gasteiger partial charge >= 0.3 is 0 Å². The van der Waals surface area contributed by atoms with Gasteiger partial charge in [0, 0.05) is 42.8 Å². The van der Waals surface area contributed by atoms with Crippen LogP contribution in [0.5, 0.6) is 0 Å². The molecular weight excluding hydrogens is 270 g/mol. The largest absolute Gasteiger partial charge is 0.362 e. The van der Waals surface area contributed by atoms with E-state index in [1.54, 1.807) is 0 Å². The van der Waals surface area contributed by atoms with E-state index >= 15 is 0 Å². The van der Waals surface area contributed by atoms with Crippen LogP contribution in [0.15, 0.2) is 23.1 Å². The van der Waals surface area contributed by atoms with E-state index in [0.29, 0.717) is 13.1 Å². The van der Waals surface area contributed by atoms with Crippen LogP contribution in [-0.2, 0) is 11.3 Å². The van der Waals surface area contributed by atoms with Crippen LogP contribution >= 0.6 is 11.8 Å². The molecule has 0 saturated carbocycles. The topological polar surface area (TPSA) is 49.6 Å². The number of benzene rings is 1. The van der Waals surface area contributed by atoms with Crippen LogP contribution in [0.2, 0.25) is 0 Å². The lowest BCUT2D eigenvalue weighted by Crippen LogP contribution is -2.35. The third-order valence-corrected chi connectivity index (χ3v) is 4.61. The maximum atomic E-state index is 12.1. The molecule has 5 heteroatoms. The van der Waals surface area contributed by atoms with Gasteiger partial charge in [0.1, 0.15) is 0 Å². The number of amides is 1. The van der Waals surface area contributed by atoms with Gasteiger partial charge < -0.3 is 15.5 Å². The van der Waals surface area contributed by atoms with Gasteiger partial charge in [0.05, 0.1) is 6.54 Å². The first-order chi connectivity index (χ1) is 9.67. The average Bonchev–Trinajstić information content (AvgIpc) is 2.61. The molecule has 1 aromatic carbocycles. The number of hydrogen-bond donors (Lipinski definition) is 1. The van der Waals surface area contributed by atoms with Gasteiger partial charge in [0.2, 0.25) is 5.91 Å². The number of anilines is 1. The van der Waals surface area contributed by atoms with Crippen molar-refractivity contribution >= 4 is 23.4 Å². The van der Waals surface area contributed by atoms with Gasteiger partial charge in [-0.05, 0) is 24.3 Å². The molecule has 1 saturated heterocycles. The summed E-state index contributed by atoms with van der Waals surface area (Å²) in [6.07, 6.45) is 0.997. The van der Waals surface area contributed by atoms with Gasteiger partial charge in [-0.3, -0.25) is 4.79 Å². The molecule has 4 nitrogen and oxygen atoms in total. The van der Waals surface area contributed by atoms with E-state index in [1.807, 2.05) is 23.7 Å². The molecule has 110 valence electrons. The second-order valence-electron chi connectivity index (χ2n) is 4.98. The number of nitrogens with zero attached hydrogens (tertiary/aromatic N) is 2. The van der Waals surface area contributed by atoms with Crippen LogP contribution in [-0.4, -0.2) is 43.2 Å².